The molecular formula is C16H21N3O4. The van der Waals surface area contributed by atoms with Gasteiger partial charge in [0.1, 0.15) is 5.69 Å². The van der Waals surface area contributed by atoms with E-state index in [-0.39, 0.29) is 29.5 Å². The van der Waals surface area contributed by atoms with Gasteiger partial charge in [-0.05, 0) is 25.0 Å². The molecule has 1 aliphatic rings. The molecule has 0 aliphatic carbocycles. The number of carbonyl (C=O) groups excluding carboxylic acids is 2. The van der Waals surface area contributed by atoms with E-state index in [1.165, 1.54) is 18.3 Å². The van der Waals surface area contributed by atoms with Crippen LogP contribution in [0.15, 0.2) is 18.3 Å². The zero-order valence-electron chi connectivity index (χ0n) is 13.3. The number of nitrogens with zero attached hydrogens (tertiary/aromatic N) is 2. The smallest absolute Gasteiger partial charge is 0.354 e. The maximum atomic E-state index is 12.4. The number of hydrogen-bond acceptors (Lipinski definition) is 4. The van der Waals surface area contributed by atoms with Crippen LogP contribution in [0.1, 0.15) is 47.5 Å². The molecule has 7 heteroatoms. The summed E-state index contributed by atoms with van der Waals surface area (Å²) in [5, 5.41) is 11.8. The first-order valence-electron chi connectivity index (χ1n) is 7.67. The summed E-state index contributed by atoms with van der Waals surface area (Å²) in [7, 11) is 0. The van der Waals surface area contributed by atoms with Crippen LogP contribution in [-0.4, -0.2) is 51.9 Å². The maximum absolute atomic E-state index is 12.4. The van der Waals surface area contributed by atoms with E-state index in [0.717, 1.165) is 0 Å². The maximum Gasteiger partial charge on any atom is 0.354 e. The first-order valence-corrected chi connectivity index (χ1v) is 7.67. The third-order valence-electron chi connectivity index (χ3n) is 3.88. The number of carboxylic acid groups (broad SMARTS) is 1. The van der Waals surface area contributed by atoms with Crippen LogP contribution in [0.2, 0.25) is 0 Å². The van der Waals surface area contributed by atoms with Crippen LogP contribution in [0.5, 0.6) is 0 Å². The lowest BCUT2D eigenvalue weighted by atomic mass is 10.0. The number of hydrogen-bond donors (Lipinski definition) is 2. The molecule has 0 unspecified atom stereocenters. The zero-order chi connectivity index (χ0) is 17.0. The number of carboxylic acids is 1. The van der Waals surface area contributed by atoms with Crippen molar-refractivity contribution in [2.75, 3.05) is 13.1 Å². The molecular weight excluding hydrogens is 298 g/mol. The molecule has 0 spiro atoms. The highest BCUT2D eigenvalue weighted by atomic mass is 16.4. The fraction of sp³-hybridized carbons (Fsp3) is 0.500. The van der Waals surface area contributed by atoms with Crippen LogP contribution in [0.25, 0.3) is 0 Å². The van der Waals surface area contributed by atoms with E-state index in [9.17, 15) is 14.4 Å². The van der Waals surface area contributed by atoms with Crippen molar-refractivity contribution in [2.24, 2.45) is 5.92 Å². The van der Waals surface area contributed by atoms with Gasteiger partial charge >= 0.3 is 5.97 Å². The third-order valence-corrected chi connectivity index (χ3v) is 3.88. The monoisotopic (exact) mass is 319 g/mol. The van der Waals surface area contributed by atoms with Crippen LogP contribution in [0.4, 0.5) is 0 Å². The number of aromatic carboxylic acids is 1. The first-order chi connectivity index (χ1) is 10.9. The van der Waals surface area contributed by atoms with Gasteiger partial charge in [-0.15, -0.1) is 0 Å². The number of carbonyl (C=O) groups is 3. The Labute approximate surface area is 134 Å². The Bertz CT molecular complexity index is 590. The molecule has 1 saturated heterocycles. The predicted molar refractivity (Wildman–Crippen MR) is 83.1 cm³/mol. The van der Waals surface area contributed by atoms with Crippen molar-refractivity contribution in [2.45, 2.75) is 32.7 Å². The van der Waals surface area contributed by atoms with Crippen LogP contribution < -0.4 is 5.32 Å². The van der Waals surface area contributed by atoms with E-state index in [0.29, 0.717) is 31.5 Å². The molecule has 0 bridgehead atoms. The summed E-state index contributed by atoms with van der Waals surface area (Å²) in [4.78, 5) is 40.3. The van der Waals surface area contributed by atoms with Crippen LogP contribution >= 0.6 is 0 Å². The van der Waals surface area contributed by atoms with Crippen LogP contribution in [-0.2, 0) is 4.79 Å². The highest BCUT2D eigenvalue weighted by molar-refractivity contribution is 5.95. The Morgan fingerprint density at radius 2 is 1.91 bits per heavy atom. The van der Waals surface area contributed by atoms with Crippen molar-refractivity contribution in [3.63, 3.8) is 0 Å². The molecule has 1 aliphatic heterocycles. The van der Waals surface area contributed by atoms with E-state index >= 15 is 0 Å². The van der Waals surface area contributed by atoms with Gasteiger partial charge in [-0.2, -0.15) is 0 Å². The summed E-state index contributed by atoms with van der Waals surface area (Å²) in [6.45, 7) is 4.81. The Hall–Kier alpha value is -2.44. The van der Waals surface area contributed by atoms with E-state index in [2.05, 4.69) is 10.3 Å². The number of pyridine rings is 1. The third kappa shape index (κ3) is 4.28. The van der Waals surface area contributed by atoms with Gasteiger partial charge in [-0.25, -0.2) is 9.78 Å². The summed E-state index contributed by atoms with van der Waals surface area (Å²) in [5.41, 5.74) is 0.288. The molecule has 2 rings (SSSR count). The Balaban J connectivity index is 1.90. The topological polar surface area (TPSA) is 99.6 Å². The van der Waals surface area contributed by atoms with Crippen molar-refractivity contribution in [3.05, 3.63) is 29.6 Å². The number of nitrogens with one attached hydrogen (secondary N) is 1. The molecule has 1 aromatic heterocycles. The van der Waals surface area contributed by atoms with Gasteiger partial charge < -0.3 is 15.3 Å². The van der Waals surface area contributed by atoms with Gasteiger partial charge in [0.15, 0.2) is 0 Å². The average Bonchev–Trinajstić information content (AvgIpc) is 2.55. The molecule has 2 amide bonds. The van der Waals surface area contributed by atoms with Crippen molar-refractivity contribution < 1.29 is 19.5 Å². The predicted octanol–water partition coefficient (Wildman–Crippen LogP) is 1.16. The summed E-state index contributed by atoms with van der Waals surface area (Å²) in [6, 6.07) is 2.90. The largest absolute Gasteiger partial charge is 0.477 e. The van der Waals surface area contributed by atoms with Gasteiger partial charge in [0.25, 0.3) is 5.91 Å². The van der Waals surface area contributed by atoms with Crippen molar-refractivity contribution >= 4 is 17.8 Å². The zero-order valence-corrected chi connectivity index (χ0v) is 13.3. The van der Waals surface area contributed by atoms with E-state index < -0.39 is 5.97 Å². The molecule has 23 heavy (non-hydrogen) atoms. The number of piperidine rings is 1. The Morgan fingerprint density at radius 1 is 1.26 bits per heavy atom. The number of amides is 2. The molecule has 2 heterocycles. The minimum Gasteiger partial charge on any atom is -0.477 e. The van der Waals surface area contributed by atoms with Gasteiger partial charge in [-0.1, -0.05) is 13.8 Å². The number of likely N-dealkylation sites (tertiary alicyclic amines) is 1. The van der Waals surface area contributed by atoms with Crippen LogP contribution in [0, 0.1) is 5.92 Å². The standard InChI is InChI=1S/C16H21N3O4/c1-10(2)14(20)18-12-5-7-19(8-6-12)15(21)11-3-4-13(16(22)23)17-9-11/h3-4,9-10,12H,5-8H2,1-2H3,(H,18,20)(H,22,23). The fourth-order valence-corrected chi connectivity index (χ4v) is 2.42. The van der Waals surface area contributed by atoms with E-state index in [1.807, 2.05) is 13.8 Å². The first kappa shape index (κ1) is 16.9. The second kappa shape index (κ2) is 7.21. The summed E-state index contributed by atoms with van der Waals surface area (Å²) < 4.78 is 0. The van der Waals surface area contributed by atoms with Gasteiger partial charge in [0.2, 0.25) is 5.91 Å². The van der Waals surface area contributed by atoms with Crippen molar-refractivity contribution in [1.82, 2.24) is 15.2 Å². The lowest BCUT2D eigenvalue weighted by Crippen LogP contribution is -2.47. The number of rotatable bonds is 4. The summed E-state index contributed by atoms with van der Waals surface area (Å²) >= 11 is 0. The molecule has 1 fully saturated rings. The Kier molecular flexibility index (Phi) is 5.31. The molecule has 1 aromatic rings. The minimum atomic E-state index is -1.12. The molecule has 0 aromatic carbocycles. The highest BCUT2D eigenvalue weighted by Crippen LogP contribution is 2.14. The van der Waals surface area contributed by atoms with E-state index in [4.69, 9.17) is 5.11 Å². The van der Waals surface area contributed by atoms with Crippen LogP contribution in [0.3, 0.4) is 0 Å². The summed E-state index contributed by atoms with van der Waals surface area (Å²) in [6.07, 6.45) is 2.72. The van der Waals surface area contributed by atoms with Gasteiger partial charge in [0.05, 0.1) is 5.56 Å². The molecule has 0 radical (unpaired) electrons. The fourth-order valence-electron chi connectivity index (χ4n) is 2.42. The Morgan fingerprint density at radius 3 is 2.39 bits per heavy atom. The minimum absolute atomic E-state index is 0.0308. The quantitative estimate of drug-likeness (QED) is 0.867. The molecule has 0 atom stereocenters. The molecule has 7 nitrogen and oxygen atoms in total. The lowest BCUT2D eigenvalue weighted by Gasteiger charge is -2.32. The van der Waals surface area contributed by atoms with Crippen molar-refractivity contribution in [3.8, 4) is 0 Å². The van der Waals surface area contributed by atoms with Gasteiger partial charge in [-0.3, -0.25) is 9.59 Å². The average molecular weight is 319 g/mol. The second-order valence-electron chi connectivity index (χ2n) is 5.97. The second-order valence-corrected chi connectivity index (χ2v) is 5.97. The van der Waals surface area contributed by atoms with Crippen molar-refractivity contribution in [1.29, 1.82) is 0 Å². The van der Waals surface area contributed by atoms with E-state index in [1.54, 1.807) is 4.90 Å². The molecule has 2 N–H and O–H groups in total. The normalized spacial score (nSPS) is 15.5. The summed E-state index contributed by atoms with van der Waals surface area (Å²) in [5.74, 6) is -1.30. The SMILES string of the molecule is CC(C)C(=O)NC1CCN(C(=O)c2ccc(C(=O)O)nc2)CC1. The molecule has 0 saturated carbocycles. The highest BCUT2D eigenvalue weighted by Gasteiger charge is 2.25. The number of aromatic nitrogens is 1. The molecule has 124 valence electrons. The lowest BCUT2D eigenvalue weighted by molar-refractivity contribution is -0.124. The van der Waals surface area contributed by atoms with Gasteiger partial charge in [0, 0.05) is 31.2 Å².